The van der Waals surface area contributed by atoms with Crippen LogP contribution in [0.3, 0.4) is 0 Å². The minimum atomic E-state index is -0.964. The third-order valence-corrected chi connectivity index (χ3v) is 6.08. The fraction of sp³-hybridized carbons (Fsp3) is 0.833. The van der Waals surface area contributed by atoms with Gasteiger partial charge in [-0.2, -0.15) is 0 Å². The summed E-state index contributed by atoms with van der Waals surface area (Å²) in [5.41, 5.74) is 0.934. The first-order chi connectivity index (χ1) is 9.83. The summed E-state index contributed by atoms with van der Waals surface area (Å²) in [6.07, 6.45) is 8.13. The Labute approximate surface area is 127 Å². The molecule has 3 nitrogen and oxygen atoms in total. The van der Waals surface area contributed by atoms with Crippen molar-refractivity contribution in [3.05, 3.63) is 11.6 Å². The maximum absolute atomic E-state index is 12.7. The Kier molecular flexibility index (Phi) is 3.77. The summed E-state index contributed by atoms with van der Waals surface area (Å²) in [6, 6.07) is 0. The van der Waals surface area contributed by atoms with Crippen LogP contribution in [0.2, 0.25) is 0 Å². The molecule has 4 bridgehead atoms. The van der Waals surface area contributed by atoms with E-state index in [2.05, 4.69) is 19.9 Å². The van der Waals surface area contributed by atoms with Gasteiger partial charge in [0.15, 0.2) is 5.78 Å². The van der Waals surface area contributed by atoms with Crippen molar-refractivity contribution >= 4 is 5.78 Å². The van der Waals surface area contributed by atoms with Crippen molar-refractivity contribution in [3.63, 3.8) is 0 Å². The van der Waals surface area contributed by atoms with Crippen molar-refractivity contribution in [3.8, 4) is 0 Å². The summed E-state index contributed by atoms with van der Waals surface area (Å²) in [6.45, 7) is 6.41. The lowest BCUT2D eigenvalue weighted by atomic mass is 9.63. The van der Waals surface area contributed by atoms with Crippen LogP contribution >= 0.6 is 0 Å². The lowest BCUT2D eigenvalue weighted by molar-refractivity contribution is -0.214. The number of aliphatic hydroxyl groups excluding tert-OH is 1. The highest BCUT2D eigenvalue weighted by atomic mass is 16.5. The van der Waals surface area contributed by atoms with Crippen LogP contribution in [0.25, 0.3) is 0 Å². The predicted molar refractivity (Wildman–Crippen MR) is 82.0 cm³/mol. The molecule has 3 heterocycles. The number of carbonyl (C=O) groups excluding carboxylic acids is 1. The molecule has 0 spiro atoms. The molecule has 0 radical (unpaired) electrons. The van der Waals surface area contributed by atoms with Crippen LogP contribution in [0, 0.1) is 11.3 Å². The first-order valence-electron chi connectivity index (χ1n) is 8.38. The summed E-state index contributed by atoms with van der Waals surface area (Å²) in [7, 11) is 0. The number of Topliss-reactive ketones (excluding diaryl/α,β-unsaturated/α-hetero) is 1. The maximum Gasteiger partial charge on any atom is 0.169 e. The molecule has 2 aliphatic carbocycles. The number of aliphatic hydroxyl groups is 1. The number of ketones is 1. The molecule has 21 heavy (non-hydrogen) atoms. The second-order valence-electron chi connectivity index (χ2n) is 8.02. The van der Waals surface area contributed by atoms with Crippen LogP contribution in [-0.4, -0.2) is 28.7 Å². The lowest BCUT2D eigenvalue weighted by Crippen LogP contribution is -2.60. The molecular weight excluding hydrogens is 264 g/mol. The van der Waals surface area contributed by atoms with Gasteiger partial charge in [-0.15, -0.1) is 0 Å². The molecule has 5 rings (SSSR count). The number of fused-ring (bicyclic) bond motifs is 2. The molecule has 5 aliphatic rings. The van der Waals surface area contributed by atoms with E-state index >= 15 is 0 Å². The second kappa shape index (κ2) is 5.20. The van der Waals surface area contributed by atoms with E-state index in [1.165, 1.54) is 5.57 Å². The maximum atomic E-state index is 12.7. The van der Waals surface area contributed by atoms with E-state index in [0.717, 1.165) is 44.9 Å². The Hall–Kier alpha value is -0.670. The van der Waals surface area contributed by atoms with E-state index in [9.17, 15) is 9.90 Å². The molecule has 3 aliphatic heterocycles. The number of rotatable bonds is 0. The normalized spacial score (nSPS) is 50.2. The molecule has 0 aromatic rings. The first kappa shape index (κ1) is 15.2. The Morgan fingerprint density at radius 2 is 2.05 bits per heavy atom. The van der Waals surface area contributed by atoms with Gasteiger partial charge in [-0.05, 0) is 64.2 Å². The summed E-state index contributed by atoms with van der Waals surface area (Å²) in [5, 5.41) is 10.5. The lowest BCUT2D eigenvalue weighted by Gasteiger charge is -2.51. The Morgan fingerprint density at radius 1 is 1.29 bits per heavy atom. The molecule has 1 N–H and O–H groups in total. The first-order valence-corrected chi connectivity index (χ1v) is 8.38. The minimum Gasteiger partial charge on any atom is -0.382 e. The third-order valence-electron chi connectivity index (χ3n) is 6.08. The van der Waals surface area contributed by atoms with Gasteiger partial charge >= 0.3 is 0 Å². The molecule has 0 aromatic carbocycles. The highest BCUT2D eigenvalue weighted by Gasteiger charge is 2.53. The number of hydrogen-bond acceptors (Lipinski definition) is 3. The molecule has 5 atom stereocenters. The summed E-state index contributed by atoms with van der Waals surface area (Å²) in [4.78, 5) is 12.7. The molecule has 1 saturated heterocycles. The molecular formula is C18H28O3. The quantitative estimate of drug-likeness (QED) is 0.696. The van der Waals surface area contributed by atoms with Gasteiger partial charge in [0.05, 0.1) is 11.7 Å². The average Bonchev–Trinajstić information content (AvgIpc) is 2.43. The van der Waals surface area contributed by atoms with Gasteiger partial charge in [0, 0.05) is 5.92 Å². The van der Waals surface area contributed by atoms with E-state index in [-0.39, 0.29) is 23.2 Å². The van der Waals surface area contributed by atoms with Crippen LogP contribution in [0.5, 0.6) is 0 Å². The van der Waals surface area contributed by atoms with Gasteiger partial charge in [0.1, 0.15) is 6.10 Å². The molecule has 118 valence electrons. The zero-order chi connectivity index (χ0) is 15.3. The molecule has 0 amide bonds. The molecule has 0 aromatic heterocycles. The fourth-order valence-electron chi connectivity index (χ4n) is 4.42. The SMILES string of the molecule is C/C1=C/CC[C@]2(C)O[C@@H]3CC[C@@](C)(CC1)C[C@@H]3C(=O)[C@H]2O. The van der Waals surface area contributed by atoms with Gasteiger partial charge in [-0.3, -0.25) is 4.79 Å². The molecule has 2 fully saturated rings. The van der Waals surface area contributed by atoms with Gasteiger partial charge in [-0.1, -0.05) is 18.6 Å². The van der Waals surface area contributed by atoms with E-state index in [1.807, 2.05) is 6.92 Å². The highest BCUT2D eigenvalue weighted by molar-refractivity contribution is 5.88. The van der Waals surface area contributed by atoms with E-state index in [1.54, 1.807) is 0 Å². The third kappa shape index (κ3) is 2.70. The number of hydrogen-bond donors (Lipinski definition) is 1. The number of carbonyl (C=O) groups is 1. The highest BCUT2D eigenvalue weighted by Crippen LogP contribution is 2.49. The summed E-state index contributed by atoms with van der Waals surface area (Å²) in [5.74, 6) is -0.0727. The van der Waals surface area contributed by atoms with Crippen molar-refractivity contribution < 1.29 is 14.6 Å². The van der Waals surface area contributed by atoms with Gasteiger partial charge in [0.2, 0.25) is 0 Å². The van der Waals surface area contributed by atoms with E-state index < -0.39 is 11.7 Å². The van der Waals surface area contributed by atoms with Crippen molar-refractivity contribution in [2.24, 2.45) is 11.3 Å². The summed E-state index contributed by atoms with van der Waals surface area (Å²) >= 11 is 0. The van der Waals surface area contributed by atoms with Gasteiger partial charge in [-0.25, -0.2) is 0 Å². The van der Waals surface area contributed by atoms with E-state index in [0.29, 0.717) is 0 Å². The monoisotopic (exact) mass is 292 g/mol. The van der Waals surface area contributed by atoms with Crippen molar-refractivity contribution in [2.45, 2.75) is 83.5 Å². The Morgan fingerprint density at radius 3 is 2.81 bits per heavy atom. The average molecular weight is 292 g/mol. The van der Waals surface area contributed by atoms with Crippen LogP contribution in [-0.2, 0) is 9.53 Å². The minimum absolute atomic E-state index is 0.0171. The summed E-state index contributed by atoms with van der Waals surface area (Å²) < 4.78 is 6.26. The van der Waals surface area contributed by atoms with Crippen LogP contribution in [0.4, 0.5) is 0 Å². The Balaban J connectivity index is 1.96. The van der Waals surface area contributed by atoms with Crippen molar-refractivity contribution in [1.29, 1.82) is 0 Å². The van der Waals surface area contributed by atoms with E-state index in [4.69, 9.17) is 4.74 Å². The number of ether oxygens (including phenoxy) is 1. The topological polar surface area (TPSA) is 46.5 Å². The largest absolute Gasteiger partial charge is 0.382 e. The zero-order valence-corrected chi connectivity index (χ0v) is 13.5. The van der Waals surface area contributed by atoms with Crippen molar-refractivity contribution in [2.75, 3.05) is 0 Å². The van der Waals surface area contributed by atoms with Crippen LogP contribution in [0.1, 0.15) is 65.7 Å². The van der Waals surface area contributed by atoms with Crippen LogP contribution < -0.4 is 0 Å². The van der Waals surface area contributed by atoms with Gasteiger partial charge in [0.25, 0.3) is 0 Å². The van der Waals surface area contributed by atoms with Gasteiger partial charge < -0.3 is 9.84 Å². The standard InChI is InChI=1S/C18H28O3/c1-12-5-4-8-18(3)16(20)15(19)13-11-17(2,9-6-12)10-7-14(13)21-18/h5,13-14,16,20H,4,6-11H2,1-3H3/b12-5-/t13-,14+,16+,17+,18-/m0/s1. The molecule has 0 unspecified atom stereocenters. The van der Waals surface area contributed by atoms with Crippen molar-refractivity contribution in [1.82, 2.24) is 0 Å². The number of allylic oxidation sites excluding steroid dienone is 2. The smallest absolute Gasteiger partial charge is 0.169 e. The predicted octanol–water partition coefficient (Wildman–Crippen LogP) is 3.40. The zero-order valence-electron chi connectivity index (χ0n) is 13.5. The molecule has 1 saturated carbocycles. The fourth-order valence-corrected chi connectivity index (χ4v) is 4.42. The Bertz CT molecular complexity index is 469. The molecule has 3 heteroatoms. The second-order valence-corrected chi connectivity index (χ2v) is 8.02. The van der Waals surface area contributed by atoms with Crippen LogP contribution in [0.15, 0.2) is 11.6 Å².